The number of ether oxygens (including phenoxy) is 1. The lowest BCUT2D eigenvalue weighted by atomic mass is 10.0. The van der Waals surface area contributed by atoms with Gasteiger partial charge in [-0.25, -0.2) is 0 Å². The van der Waals surface area contributed by atoms with Gasteiger partial charge in [-0.3, -0.25) is 9.78 Å². The fourth-order valence-corrected chi connectivity index (χ4v) is 3.84. The molecule has 0 fully saturated rings. The Bertz CT molecular complexity index is 1200. The molecule has 4 aromatic rings. The highest BCUT2D eigenvalue weighted by Crippen LogP contribution is 2.38. The maximum atomic E-state index is 13.0. The van der Waals surface area contributed by atoms with Gasteiger partial charge in [-0.2, -0.15) is 0 Å². The first-order chi connectivity index (χ1) is 14.8. The predicted molar refractivity (Wildman–Crippen MR) is 118 cm³/mol. The van der Waals surface area contributed by atoms with Crippen molar-refractivity contribution in [2.45, 2.75) is 13.0 Å². The van der Waals surface area contributed by atoms with Crippen LogP contribution in [0.1, 0.15) is 27.2 Å². The van der Waals surface area contributed by atoms with E-state index in [1.54, 1.807) is 6.20 Å². The van der Waals surface area contributed by atoms with Crippen LogP contribution in [0.25, 0.3) is 11.1 Å². The first kappa shape index (κ1) is 18.1. The fourth-order valence-electron chi connectivity index (χ4n) is 3.84. The molecule has 0 atom stereocenters. The van der Waals surface area contributed by atoms with Gasteiger partial charge < -0.3 is 10.1 Å². The topological polar surface area (TPSA) is 51.2 Å². The maximum Gasteiger partial charge on any atom is 0.255 e. The summed E-state index contributed by atoms with van der Waals surface area (Å²) in [6, 6.07) is 27.4. The molecule has 0 saturated carbocycles. The molecule has 30 heavy (non-hydrogen) atoms. The van der Waals surface area contributed by atoms with Crippen LogP contribution >= 0.6 is 0 Å². The van der Waals surface area contributed by atoms with Crippen molar-refractivity contribution in [3.63, 3.8) is 0 Å². The summed E-state index contributed by atoms with van der Waals surface area (Å²) in [4.78, 5) is 17.2. The molecule has 5 rings (SSSR count). The highest BCUT2D eigenvalue weighted by molar-refractivity contribution is 6.07. The van der Waals surface area contributed by atoms with E-state index in [2.05, 4.69) is 28.5 Å². The molecule has 0 unspecified atom stereocenters. The second kappa shape index (κ2) is 7.84. The minimum atomic E-state index is -0.0955. The van der Waals surface area contributed by atoms with E-state index < -0.39 is 0 Å². The molecule has 1 aliphatic rings. The summed E-state index contributed by atoms with van der Waals surface area (Å²) in [7, 11) is 0. The Morgan fingerprint density at radius 3 is 2.50 bits per heavy atom. The molecule has 4 heteroatoms. The third kappa shape index (κ3) is 3.55. The molecule has 0 aliphatic heterocycles. The lowest BCUT2D eigenvalue weighted by Gasteiger charge is -2.11. The van der Waals surface area contributed by atoms with Crippen LogP contribution in [-0.4, -0.2) is 10.9 Å². The normalized spacial score (nSPS) is 11.5. The molecule has 1 heterocycles. The number of aromatic nitrogens is 1. The van der Waals surface area contributed by atoms with Gasteiger partial charge in [-0.1, -0.05) is 42.5 Å². The Labute approximate surface area is 175 Å². The first-order valence-electron chi connectivity index (χ1n) is 9.92. The van der Waals surface area contributed by atoms with Crippen LogP contribution in [0.4, 0.5) is 5.69 Å². The second-order valence-corrected chi connectivity index (χ2v) is 7.25. The van der Waals surface area contributed by atoms with Crippen LogP contribution in [0.2, 0.25) is 0 Å². The number of carbonyl (C=O) groups excluding carboxylic acids is 1. The van der Waals surface area contributed by atoms with Crippen molar-refractivity contribution >= 4 is 11.6 Å². The molecule has 0 bridgehead atoms. The van der Waals surface area contributed by atoms with E-state index in [9.17, 15) is 4.79 Å². The van der Waals surface area contributed by atoms with Gasteiger partial charge in [0.2, 0.25) is 0 Å². The number of nitrogens with zero attached hydrogens (tertiary/aromatic N) is 1. The maximum absolute atomic E-state index is 13.0. The van der Waals surface area contributed by atoms with E-state index in [1.807, 2.05) is 66.7 Å². The summed E-state index contributed by atoms with van der Waals surface area (Å²) in [6.45, 7) is 0.406. The number of hydrogen-bond acceptors (Lipinski definition) is 3. The molecule has 146 valence electrons. The Balaban J connectivity index is 1.29. The summed E-state index contributed by atoms with van der Waals surface area (Å²) in [5.41, 5.74) is 7.05. The van der Waals surface area contributed by atoms with Crippen LogP contribution in [0.5, 0.6) is 5.75 Å². The van der Waals surface area contributed by atoms with Gasteiger partial charge in [0.1, 0.15) is 12.4 Å². The third-order valence-corrected chi connectivity index (χ3v) is 5.32. The third-order valence-electron chi connectivity index (χ3n) is 5.32. The zero-order valence-corrected chi connectivity index (χ0v) is 16.3. The molecule has 1 aromatic heterocycles. The molecule has 0 saturated heterocycles. The first-order valence-corrected chi connectivity index (χ1v) is 9.92. The smallest absolute Gasteiger partial charge is 0.255 e. The zero-order valence-electron chi connectivity index (χ0n) is 16.3. The van der Waals surface area contributed by atoms with E-state index in [-0.39, 0.29) is 5.91 Å². The number of rotatable bonds is 5. The summed E-state index contributed by atoms with van der Waals surface area (Å²) in [5, 5.41) is 3.01. The van der Waals surface area contributed by atoms with Crippen LogP contribution in [0, 0.1) is 0 Å². The molecule has 1 N–H and O–H groups in total. The van der Waals surface area contributed by atoms with Gasteiger partial charge in [0.15, 0.2) is 0 Å². The van der Waals surface area contributed by atoms with E-state index in [0.717, 1.165) is 40.2 Å². The number of fused-ring (bicyclic) bond motifs is 3. The van der Waals surface area contributed by atoms with Crippen molar-refractivity contribution in [2.24, 2.45) is 0 Å². The number of pyridine rings is 1. The van der Waals surface area contributed by atoms with Gasteiger partial charge in [0.05, 0.1) is 5.69 Å². The summed E-state index contributed by atoms with van der Waals surface area (Å²) in [5.74, 6) is 0.636. The van der Waals surface area contributed by atoms with Crippen LogP contribution in [0.3, 0.4) is 0 Å². The van der Waals surface area contributed by atoms with Crippen LogP contribution < -0.4 is 10.1 Å². The Morgan fingerprint density at radius 2 is 1.67 bits per heavy atom. The number of anilines is 1. The molecule has 0 radical (unpaired) electrons. The summed E-state index contributed by atoms with van der Waals surface area (Å²) in [6.07, 6.45) is 2.53. The SMILES string of the molecule is O=C(Nc1ccc(OCc2ccccn2)cc1)c1cccc2c1Cc1ccccc1-2. The summed E-state index contributed by atoms with van der Waals surface area (Å²) >= 11 is 0. The Morgan fingerprint density at radius 1 is 0.867 bits per heavy atom. The van der Waals surface area contributed by atoms with Gasteiger partial charge in [-0.05, 0) is 71.1 Å². The fraction of sp³-hybridized carbons (Fsp3) is 0.0769. The van der Waals surface area contributed by atoms with Crippen molar-refractivity contribution in [3.8, 4) is 16.9 Å². The highest BCUT2D eigenvalue weighted by atomic mass is 16.5. The van der Waals surface area contributed by atoms with E-state index >= 15 is 0 Å². The van der Waals surface area contributed by atoms with E-state index in [1.165, 1.54) is 11.1 Å². The van der Waals surface area contributed by atoms with Gasteiger partial charge in [-0.15, -0.1) is 0 Å². The number of hydrogen-bond donors (Lipinski definition) is 1. The van der Waals surface area contributed by atoms with Gasteiger partial charge in [0.25, 0.3) is 5.91 Å². The highest BCUT2D eigenvalue weighted by Gasteiger charge is 2.23. The standard InChI is InChI=1S/C26H20N2O2/c29-26(24-10-5-9-23-22-8-2-1-6-18(22)16-25(23)24)28-19-11-13-21(14-12-19)30-17-20-7-3-4-15-27-20/h1-15H,16-17H2,(H,28,29). The average molecular weight is 392 g/mol. The van der Waals surface area contributed by atoms with Crippen molar-refractivity contribution in [2.75, 3.05) is 5.32 Å². The Kier molecular flexibility index (Phi) is 4.74. The second-order valence-electron chi connectivity index (χ2n) is 7.25. The molecule has 4 nitrogen and oxygen atoms in total. The number of amides is 1. The van der Waals surface area contributed by atoms with Gasteiger partial charge >= 0.3 is 0 Å². The quantitative estimate of drug-likeness (QED) is 0.431. The lowest BCUT2D eigenvalue weighted by Crippen LogP contribution is -2.14. The lowest BCUT2D eigenvalue weighted by molar-refractivity contribution is 0.102. The number of carbonyl (C=O) groups is 1. The molecule has 1 aliphatic carbocycles. The predicted octanol–water partition coefficient (Wildman–Crippen LogP) is 5.48. The number of benzene rings is 3. The average Bonchev–Trinajstić information content (AvgIpc) is 3.18. The molecular formula is C26H20N2O2. The summed E-state index contributed by atoms with van der Waals surface area (Å²) < 4.78 is 5.76. The van der Waals surface area contributed by atoms with Crippen molar-refractivity contribution in [1.82, 2.24) is 4.98 Å². The minimum absolute atomic E-state index is 0.0955. The van der Waals surface area contributed by atoms with Crippen molar-refractivity contribution in [3.05, 3.63) is 114 Å². The molecular weight excluding hydrogens is 372 g/mol. The zero-order chi connectivity index (χ0) is 20.3. The molecule has 3 aromatic carbocycles. The monoisotopic (exact) mass is 392 g/mol. The van der Waals surface area contributed by atoms with Crippen LogP contribution in [0.15, 0.2) is 91.1 Å². The largest absolute Gasteiger partial charge is 0.487 e. The van der Waals surface area contributed by atoms with Gasteiger partial charge in [0, 0.05) is 17.4 Å². The number of nitrogens with one attached hydrogen (secondary N) is 1. The Hall–Kier alpha value is -3.92. The van der Waals surface area contributed by atoms with E-state index in [4.69, 9.17) is 4.74 Å². The molecule has 0 spiro atoms. The van der Waals surface area contributed by atoms with Crippen LogP contribution in [-0.2, 0) is 13.0 Å². The van der Waals surface area contributed by atoms with Crippen molar-refractivity contribution in [1.29, 1.82) is 0 Å². The van der Waals surface area contributed by atoms with Crippen molar-refractivity contribution < 1.29 is 9.53 Å². The molecule has 1 amide bonds. The minimum Gasteiger partial charge on any atom is -0.487 e. The van der Waals surface area contributed by atoms with E-state index in [0.29, 0.717) is 6.61 Å².